The van der Waals surface area contributed by atoms with Crippen LogP contribution in [-0.2, 0) is 9.59 Å². The van der Waals surface area contributed by atoms with Crippen molar-refractivity contribution in [3.8, 4) is 0 Å². The van der Waals surface area contributed by atoms with Crippen LogP contribution in [0.5, 0.6) is 0 Å². The highest BCUT2D eigenvalue weighted by molar-refractivity contribution is 5.96. The van der Waals surface area contributed by atoms with E-state index in [9.17, 15) is 9.59 Å². The second-order valence-electron chi connectivity index (χ2n) is 6.46. The number of amides is 2. The average Bonchev–Trinajstić information content (AvgIpc) is 2.36. The summed E-state index contributed by atoms with van der Waals surface area (Å²) in [6, 6.07) is -0.542. The number of carbonyl (C=O) groups excluding carboxylic acids is 2. The van der Waals surface area contributed by atoms with Gasteiger partial charge in [-0.25, -0.2) is 0 Å². The largest absolute Gasteiger partial charge is 0.343 e. The maximum atomic E-state index is 12.6. The van der Waals surface area contributed by atoms with Crippen LogP contribution in [0.4, 0.5) is 0 Å². The molecule has 1 aliphatic heterocycles. The fourth-order valence-corrected chi connectivity index (χ4v) is 2.91. The molecule has 2 amide bonds. The maximum Gasteiger partial charge on any atom is 0.246 e. The highest BCUT2D eigenvalue weighted by atomic mass is 16.2. The van der Waals surface area contributed by atoms with Gasteiger partial charge in [0, 0.05) is 6.04 Å². The van der Waals surface area contributed by atoms with Crippen LogP contribution in [0.1, 0.15) is 66.7 Å². The van der Waals surface area contributed by atoms with Crippen LogP contribution in [-0.4, -0.2) is 34.8 Å². The zero-order valence-electron chi connectivity index (χ0n) is 13.6. The molecular formula is C16H30N2O2. The van der Waals surface area contributed by atoms with E-state index in [0.717, 1.165) is 19.3 Å². The quantitative estimate of drug-likeness (QED) is 0.730. The SMILES string of the molecule is CCCCCC(C)N1C(=O)C(CC(C)C)NC(=O)C1C. The zero-order chi connectivity index (χ0) is 15.3. The van der Waals surface area contributed by atoms with Crippen molar-refractivity contribution in [1.82, 2.24) is 10.2 Å². The van der Waals surface area contributed by atoms with Crippen molar-refractivity contribution in [2.75, 3.05) is 0 Å². The molecule has 3 atom stereocenters. The first kappa shape index (κ1) is 17.0. The molecule has 116 valence electrons. The summed E-state index contributed by atoms with van der Waals surface area (Å²) >= 11 is 0. The molecule has 1 N–H and O–H groups in total. The standard InChI is InChI=1S/C16H30N2O2/c1-6-7-8-9-12(4)18-13(5)15(19)17-14(16(18)20)10-11(2)3/h11-14H,6-10H2,1-5H3,(H,17,19). The monoisotopic (exact) mass is 282 g/mol. The second kappa shape index (κ2) is 7.65. The van der Waals surface area contributed by atoms with E-state index in [0.29, 0.717) is 5.92 Å². The van der Waals surface area contributed by atoms with Gasteiger partial charge in [-0.2, -0.15) is 0 Å². The molecule has 0 bridgehead atoms. The molecule has 1 fully saturated rings. The number of nitrogens with one attached hydrogen (secondary N) is 1. The summed E-state index contributed by atoms with van der Waals surface area (Å²) < 4.78 is 0. The molecule has 0 spiro atoms. The Labute approximate surface area is 123 Å². The van der Waals surface area contributed by atoms with Crippen LogP contribution in [0, 0.1) is 5.92 Å². The van der Waals surface area contributed by atoms with E-state index in [1.165, 1.54) is 12.8 Å². The van der Waals surface area contributed by atoms with Crippen LogP contribution in [0.3, 0.4) is 0 Å². The van der Waals surface area contributed by atoms with Gasteiger partial charge in [-0.1, -0.05) is 40.0 Å². The van der Waals surface area contributed by atoms with E-state index in [1.807, 2.05) is 11.8 Å². The van der Waals surface area contributed by atoms with Gasteiger partial charge < -0.3 is 10.2 Å². The van der Waals surface area contributed by atoms with Crippen molar-refractivity contribution in [3.05, 3.63) is 0 Å². The molecule has 0 aromatic carbocycles. The Morgan fingerprint density at radius 3 is 2.40 bits per heavy atom. The fraction of sp³-hybridized carbons (Fsp3) is 0.875. The van der Waals surface area contributed by atoms with Gasteiger partial charge in [-0.05, 0) is 32.6 Å². The summed E-state index contributed by atoms with van der Waals surface area (Å²) in [4.78, 5) is 26.5. The zero-order valence-corrected chi connectivity index (χ0v) is 13.6. The lowest BCUT2D eigenvalue weighted by Gasteiger charge is -2.41. The van der Waals surface area contributed by atoms with Crippen LogP contribution >= 0.6 is 0 Å². The highest BCUT2D eigenvalue weighted by Gasteiger charge is 2.40. The van der Waals surface area contributed by atoms with Gasteiger partial charge in [0.1, 0.15) is 12.1 Å². The molecule has 4 heteroatoms. The molecule has 0 saturated carbocycles. The average molecular weight is 282 g/mol. The summed E-state index contributed by atoms with van der Waals surface area (Å²) in [6.07, 6.45) is 5.17. The minimum absolute atomic E-state index is 0.0161. The Kier molecular flexibility index (Phi) is 6.50. The van der Waals surface area contributed by atoms with E-state index < -0.39 is 0 Å². The van der Waals surface area contributed by atoms with Gasteiger partial charge >= 0.3 is 0 Å². The van der Waals surface area contributed by atoms with Crippen LogP contribution in [0.25, 0.3) is 0 Å². The smallest absolute Gasteiger partial charge is 0.246 e. The van der Waals surface area contributed by atoms with Crippen molar-refractivity contribution >= 4 is 11.8 Å². The van der Waals surface area contributed by atoms with Crippen LogP contribution in [0.15, 0.2) is 0 Å². The summed E-state index contributed by atoms with van der Waals surface area (Å²) in [5.41, 5.74) is 0. The molecule has 1 saturated heterocycles. The first-order chi connectivity index (χ1) is 9.38. The predicted octanol–water partition coefficient (Wildman–Crippen LogP) is 2.72. The molecule has 20 heavy (non-hydrogen) atoms. The minimum Gasteiger partial charge on any atom is -0.343 e. The van der Waals surface area contributed by atoms with Crippen LogP contribution < -0.4 is 5.32 Å². The molecule has 0 aromatic heterocycles. The first-order valence-corrected chi connectivity index (χ1v) is 8.01. The Hall–Kier alpha value is -1.06. The summed E-state index contributed by atoms with van der Waals surface area (Å²) in [5.74, 6) is 0.474. The lowest BCUT2D eigenvalue weighted by molar-refractivity contribution is -0.151. The molecule has 0 aliphatic carbocycles. The molecule has 1 aliphatic rings. The number of nitrogens with zero attached hydrogens (tertiary/aromatic N) is 1. The molecular weight excluding hydrogens is 252 g/mol. The van der Waals surface area contributed by atoms with Crippen LogP contribution in [0.2, 0.25) is 0 Å². The van der Waals surface area contributed by atoms with E-state index in [4.69, 9.17) is 0 Å². The van der Waals surface area contributed by atoms with Crippen molar-refractivity contribution < 1.29 is 9.59 Å². The molecule has 1 rings (SSSR count). The van der Waals surface area contributed by atoms with Gasteiger partial charge in [-0.3, -0.25) is 9.59 Å². The predicted molar refractivity (Wildman–Crippen MR) is 81.3 cm³/mol. The first-order valence-electron chi connectivity index (χ1n) is 8.01. The number of hydrogen-bond donors (Lipinski definition) is 1. The third-order valence-corrected chi connectivity index (χ3v) is 4.07. The second-order valence-corrected chi connectivity index (χ2v) is 6.46. The third kappa shape index (κ3) is 4.22. The van der Waals surface area contributed by atoms with Gasteiger partial charge in [0.05, 0.1) is 0 Å². The Morgan fingerprint density at radius 1 is 1.20 bits per heavy atom. The van der Waals surface area contributed by atoms with Gasteiger partial charge in [0.25, 0.3) is 0 Å². The van der Waals surface area contributed by atoms with E-state index in [2.05, 4.69) is 33.0 Å². The van der Waals surface area contributed by atoms with Crippen molar-refractivity contribution in [3.63, 3.8) is 0 Å². The van der Waals surface area contributed by atoms with Gasteiger partial charge in [-0.15, -0.1) is 0 Å². The summed E-state index contributed by atoms with van der Waals surface area (Å²) in [7, 11) is 0. The number of piperazine rings is 1. The molecule has 1 heterocycles. The minimum atomic E-state index is -0.345. The maximum absolute atomic E-state index is 12.6. The third-order valence-electron chi connectivity index (χ3n) is 4.07. The van der Waals surface area contributed by atoms with Crippen molar-refractivity contribution in [1.29, 1.82) is 0 Å². The normalized spacial score (nSPS) is 25.0. The molecule has 0 radical (unpaired) electrons. The highest BCUT2D eigenvalue weighted by Crippen LogP contribution is 2.20. The Bertz CT molecular complexity index is 341. The van der Waals surface area contributed by atoms with Gasteiger partial charge in [0.2, 0.25) is 11.8 Å². The number of rotatable bonds is 7. The fourth-order valence-electron chi connectivity index (χ4n) is 2.91. The topological polar surface area (TPSA) is 49.4 Å². The van der Waals surface area contributed by atoms with Gasteiger partial charge in [0.15, 0.2) is 0 Å². The van der Waals surface area contributed by atoms with Crippen molar-refractivity contribution in [2.45, 2.75) is 84.8 Å². The Morgan fingerprint density at radius 2 is 1.85 bits per heavy atom. The number of hydrogen-bond acceptors (Lipinski definition) is 2. The summed E-state index contributed by atoms with van der Waals surface area (Å²) in [5, 5.41) is 2.87. The molecule has 0 aromatic rings. The summed E-state index contributed by atoms with van der Waals surface area (Å²) in [6.45, 7) is 10.2. The van der Waals surface area contributed by atoms with E-state index in [-0.39, 0.29) is 29.9 Å². The molecule has 3 unspecified atom stereocenters. The molecule has 4 nitrogen and oxygen atoms in total. The number of unbranched alkanes of at least 4 members (excludes halogenated alkanes) is 2. The lowest BCUT2D eigenvalue weighted by Crippen LogP contribution is -2.64. The number of carbonyl (C=O) groups is 2. The Balaban J connectivity index is 2.74. The van der Waals surface area contributed by atoms with E-state index >= 15 is 0 Å². The van der Waals surface area contributed by atoms with Crippen molar-refractivity contribution in [2.24, 2.45) is 5.92 Å². The lowest BCUT2D eigenvalue weighted by atomic mass is 9.96. The van der Waals surface area contributed by atoms with E-state index in [1.54, 1.807) is 0 Å².